The predicted molar refractivity (Wildman–Crippen MR) is 224 cm³/mol. The Hall–Kier alpha value is -7.02. The fraction of sp³-hybridized carbons (Fsp3) is 0. The molecule has 0 atom stereocenters. The molecular weight excluding hydrogens is 681 g/mol. The molecule has 6 heteroatoms. The number of para-hydroxylation sites is 3. The van der Waals surface area contributed by atoms with Crippen LogP contribution in [-0.2, 0) is 0 Å². The molecule has 54 heavy (non-hydrogen) atoms. The third-order valence-corrected chi connectivity index (χ3v) is 12.0. The number of fused-ring (bicyclic) bond motifs is 11. The van der Waals surface area contributed by atoms with Crippen LogP contribution in [0.5, 0.6) is 0 Å². The highest BCUT2D eigenvalue weighted by atomic mass is 32.1. The smallest absolute Gasteiger partial charge is 0.235 e. The van der Waals surface area contributed by atoms with E-state index in [9.17, 15) is 0 Å². The zero-order chi connectivity index (χ0) is 35.3. The van der Waals surface area contributed by atoms with Crippen molar-refractivity contribution in [1.82, 2.24) is 19.1 Å². The number of rotatable bonds is 4. The van der Waals surface area contributed by atoms with Crippen LogP contribution in [0.2, 0.25) is 0 Å². The number of furan rings is 1. The first-order valence-corrected chi connectivity index (χ1v) is 18.9. The molecule has 0 saturated carbocycles. The lowest BCUT2D eigenvalue weighted by molar-refractivity contribution is 0.673. The Morgan fingerprint density at radius 3 is 2.09 bits per heavy atom. The summed E-state index contributed by atoms with van der Waals surface area (Å²) in [6, 6.07) is 57.9. The molecule has 0 unspecified atom stereocenters. The van der Waals surface area contributed by atoms with Crippen LogP contribution in [0.3, 0.4) is 0 Å². The van der Waals surface area contributed by atoms with Crippen molar-refractivity contribution in [2.45, 2.75) is 0 Å². The second-order valence-electron chi connectivity index (χ2n) is 13.8. The molecule has 0 aliphatic heterocycles. The van der Waals surface area contributed by atoms with Crippen molar-refractivity contribution in [2.75, 3.05) is 0 Å². The highest BCUT2D eigenvalue weighted by Gasteiger charge is 2.22. The summed E-state index contributed by atoms with van der Waals surface area (Å²) in [5.74, 6) is 0.645. The Morgan fingerprint density at radius 2 is 1.20 bits per heavy atom. The van der Waals surface area contributed by atoms with Gasteiger partial charge in [0, 0.05) is 44.4 Å². The molecule has 7 aromatic carbocycles. The van der Waals surface area contributed by atoms with E-state index < -0.39 is 0 Å². The molecular formula is C48H28N4OS. The van der Waals surface area contributed by atoms with Gasteiger partial charge in [0.25, 0.3) is 0 Å². The van der Waals surface area contributed by atoms with E-state index in [-0.39, 0.29) is 0 Å². The van der Waals surface area contributed by atoms with Gasteiger partial charge in [-0.05, 0) is 71.1 Å². The van der Waals surface area contributed by atoms with Crippen LogP contribution in [0, 0.1) is 0 Å². The minimum atomic E-state index is 0.645. The quantitative estimate of drug-likeness (QED) is 0.183. The molecule has 0 fully saturated rings. The van der Waals surface area contributed by atoms with Crippen LogP contribution >= 0.6 is 11.3 Å². The largest absolute Gasteiger partial charge is 0.455 e. The Balaban J connectivity index is 1.09. The van der Waals surface area contributed by atoms with Gasteiger partial charge in [0.15, 0.2) is 5.58 Å². The second kappa shape index (κ2) is 11.2. The van der Waals surface area contributed by atoms with Crippen molar-refractivity contribution in [3.05, 3.63) is 170 Å². The third-order valence-electron chi connectivity index (χ3n) is 10.8. The van der Waals surface area contributed by atoms with Crippen molar-refractivity contribution >= 4 is 86.3 Å². The summed E-state index contributed by atoms with van der Waals surface area (Å²) >= 11 is 1.71. The molecule has 12 rings (SSSR count). The number of nitrogens with zero attached hydrogens (tertiary/aromatic N) is 4. The predicted octanol–water partition coefficient (Wildman–Crippen LogP) is 13.1. The average Bonchev–Trinajstić information content (AvgIpc) is 4.01. The number of hydrogen-bond acceptors (Lipinski definition) is 4. The maximum atomic E-state index is 6.51. The molecule has 5 heterocycles. The number of benzene rings is 7. The van der Waals surface area contributed by atoms with Crippen LogP contribution < -0.4 is 0 Å². The Labute approximate surface area is 312 Å². The Bertz CT molecular complexity index is 3440. The van der Waals surface area contributed by atoms with E-state index in [0.717, 1.165) is 86.6 Å². The minimum Gasteiger partial charge on any atom is -0.455 e. The maximum absolute atomic E-state index is 6.51. The summed E-state index contributed by atoms with van der Waals surface area (Å²) in [7, 11) is 0. The monoisotopic (exact) mass is 708 g/mol. The highest BCUT2D eigenvalue weighted by Crippen LogP contribution is 2.45. The lowest BCUT2D eigenvalue weighted by Crippen LogP contribution is -2.02. The lowest BCUT2D eigenvalue weighted by atomic mass is 10.0. The Kier molecular flexibility index (Phi) is 6.15. The molecule has 0 N–H and O–H groups in total. The first-order chi connectivity index (χ1) is 26.8. The first-order valence-electron chi connectivity index (χ1n) is 18.1. The SMILES string of the molecule is c1ccc(-c2nc(-n3c4ccccc4c4cc(-c5ccc6ccn(-c7ccccc7)c6c5)ccc43)nc3c2sc2c3ccc3c4ccccc4oc32)cc1. The summed E-state index contributed by atoms with van der Waals surface area (Å²) in [4.78, 5) is 10.8. The zero-order valence-electron chi connectivity index (χ0n) is 28.8. The van der Waals surface area contributed by atoms with Gasteiger partial charge >= 0.3 is 0 Å². The van der Waals surface area contributed by atoms with Crippen LogP contribution in [0.15, 0.2) is 174 Å². The molecule has 0 bridgehead atoms. The van der Waals surface area contributed by atoms with Crippen molar-refractivity contribution in [3.63, 3.8) is 0 Å². The second-order valence-corrected chi connectivity index (χ2v) is 14.8. The highest BCUT2D eigenvalue weighted by molar-refractivity contribution is 7.27. The Morgan fingerprint density at radius 1 is 0.481 bits per heavy atom. The third kappa shape index (κ3) is 4.26. The van der Waals surface area contributed by atoms with Crippen molar-refractivity contribution in [2.24, 2.45) is 0 Å². The summed E-state index contributed by atoms with van der Waals surface area (Å²) in [6.07, 6.45) is 2.15. The van der Waals surface area contributed by atoms with Crippen molar-refractivity contribution in [3.8, 4) is 34.0 Å². The fourth-order valence-electron chi connectivity index (χ4n) is 8.25. The van der Waals surface area contributed by atoms with Gasteiger partial charge in [-0.1, -0.05) is 109 Å². The van der Waals surface area contributed by atoms with Gasteiger partial charge in [-0.3, -0.25) is 4.57 Å². The normalized spacial score (nSPS) is 12.1. The van der Waals surface area contributed by atoms with E-state index in [2.05, 4.69) is 161 Å². The summed E-state index contributed by atoms with van der Waals surface area (Å²) in [5.41, 5.74) is 11.5. The van der Waals surface area contributed by atoms with Crippen LogP contribution in [0.4, 0.5) is 0 Å². The van der Waals surface area contributed by atoms with Crippen LogP contribution in [0.25, 0.3) is 109 Å². The topological polar surface area (TPSA) is 48.8 Å². The summed E-state index contributed by atoms with van der Waals surface area (Å²) in [5, 5.41) is 6.84. The standard InChI is InChI=1S/C48H28N4OS/c1-3-11-30(12-4-1)43-47-44(37-23-22-36-35-16-8-10-18-42(35)53-45(36)46(37)54-47)50-48(49-43)52-39-17-9-7-15-34(39)38-27-31(21-24-40(38)52)32-20-19-29-25-26-51(41(29)28-32)33-13-5-2-6-14-33/h1-28H. The number of hydrogen-bond donors (Lipinski definition) is 0. The van der Waals surface area contributed by atoms with E-state index >= 15 is 0 Å². The molecule has 5 aromatic heterocycles. The van der Waals surface area contributed by atoms with Crippen molar-refractivity contribution in [1.29, 1.82) is 0 Å². The van der Waals surface area contributed by atoms with Crippen LogP contribution in [-0.4, -0.2) is 19.1 Å². The number of aromatic nitrogens is 4. The van der Waals surface area contributed by atoms with E-state index in [1.54, 1.807) is 11.3 Å². The van der Waals surface area contributed by atoms with Gasteiger partial charge in [0.05, 0.1) is 37.2 Å². The molecule has 12 aromatic rings. The average molecular weight is 709 g/mol. The molecule has 252 valence electrons. The molecule has 5 nitrogen and oxygen atoms in total. The van der Waals surface area contributed by atoms with Gasteiger partial charge in [0.1, 0.15) is 5.58 Å². The van der Waals surface area contributed by atoms with Gasteiger partial charge in [-0.2, -0.15) is 0 Å². The van der Waals surface area contributed by atoms with E-state index in [1.807, 2.05) is 18.2 Å². The van der Waals surface area contributed by atoms with Gasteiger partial charge in [-0.25, -0.2) is 9.97 Å². The van der Waals surface area contributed by atoms with E-state index in [0.29, 0.717) is 5.95 Å². The molecule has 0 amide bonds. The van der Waals surface area contributed by atoms with Crippen molar-refractivity contribution < 1.29 is 4.42 Å². The van der Waals surface area contributed by atoms with E-state index in [4.69, 9.17) is 14.4 Å². The fourth-order valence-corrected chi connectivity index (χ4v) is 9.49. The first kappa shape index (κ1) is 29.5. The van der Waals surface area contributed by atoms with Gasteiger partial charge in [-0.15, -0.1) is 11.3 Å². The molecule has 0 aliphatic rings. The molecule has 0 saturated heterocycles. The van der Waals surface area contributed by atoms with Gasteiger partial charge in [0.2, 0.25) is 5.95 Å². The van der Waals surface area contributed by atoms with Gasteiger partial charge < -0.3 is 8.98 Å². The number of thiophene rings is 1. The molecule has 0 aliphatic carbocycles. The minimum absolute atomic E-state index is 0.645. The molecule has 0 radical (unpaired) electrons. The summed E-state index contributed by atoms with van der Waals surface area (Å²) in [6.45, 7) is 0. The zero-order valence-corrected chi connectivity index (χ0v) is 29.6. The lowest BCUT2D eigenvalue weighted by Gasteiger charge is -2.10. The maximum Gasteiger partial charge on any atom is 0.235 e. The summed E-state index contributed by atoms with van der Waals surface area (Å²) < 4.78 is 13.1. The van der Waals surface area contributed by atoms with Crippen LogP contribution in [0.1, 0.15) is 0 Å². The molecule has 0 spiro atoms. The van der Waals surface area contributed by atoms with E-state index in [1.165, 1.54) is 16.5 Å².